The number of rotatable bonds is 3. The third kappa shape index (κ3) is 3.20. The Morgan fingerprint density at radius 3 is 2.94 bits per heavy atom. The molecule has 0 aliphatic rings. The van der Waals surface area contributed by atoms with Crippen molar-refractivity contribution in [1.82, 2.24) is 4.57 Å². The molecule has 4 nitrogen and oxygen atoms in total. The molecule has 0 atom stereocenters. The molecule has 0 aliphatic heterocycles. The Hall–Kier alpha value is -1.15. The molecule has 6 heteroatoms. The van der Waals surface area contributed by atoms with Gasteiger partial charge >= 0.3 is 0 Å². The van der Waals surface area contributed by atoms with Gasteiger partial charge in [-0.3, -0.25) is 10.2 Å². The van der Waals surface area contributed by atoms with Crippen LogP contribution in [0, 0.1) is 15.9 Å². The smallest absolute Gasteiger partial charge is 0.244 e. The Morgan fingerprint density at radius 1 is 1.56 bits per heavy atom. The first-order chi connectivity index (χ1) is 8.56. The second-order valence-electron chi connectivity index (χ2n) is 3.84. The largest absolute Gasteiger partial charge is 0.324 e. The zero-order chi connectivity index (χ0) is 13.1. The Bertz CT molecular complexity index is 632. The maximum Gasteiger partial charge on any atom is 0.244 e. The molecule has 0 aliphatic carbocycles. The van der Waals surface area contributed by atoms with Crippen LogP contribution in [0.15, 0.2) is 29.8 Å². The predicted octanol–water partition coefficient (Wildman–Crippen LogP) is 2.58. The second-order valence-corrected chi connectivity index (χ2v) is 5.98. The lowest BCUT2D eigenvalue weighted by Gasteiger charge is -2.09. The summed E-state index contributed by atoms with van der Waals surface area (Å²) in [5.74, 6) is -0.115. The van der Waals surface area contributed by atoms with E-state index < -0.39 is 0 Å². The van der Waals surface area contributed by atoms with Crippen LogP contribution in [0.3, 0.4) is 0 Å². The number of aryl methyl sites for hydroxylation is 1. The van der Waals surface area contributed by atoms with Crippen LogP contribution < -0.4 is 10.1 Å². The molecule has 2 aromatic rings. The van der Waals surface area contributed by atoms with Gasteiger partial charge in [0.05, 0.1) is 0 Å². The Kier molecular flexibility index (Phi) is 4.18. The van der Waals surface area contributed by atoms with Crippen molar-refractivity contribution in [2.45, 2.75) is 13.5 Å². The number of anilines is 1. The highest BCUT2D eigenvalue weighted by Gasteiger charge is 2.06. The molecule has 0 spiro atoms. The van der Waals surface area contributed by atoms with E-state index in [0.29, 0.717) is 4.80 Å². The molecule has 1 heterocycles. The highest BCUT2D eigenvalue weighted by atomic mass is 127. The molecule has 0 fully saturated rings. The zero-order valence-corrected chi connectivity index (χ0v) is 12.7. The molecule has 2 N–H and O–H groups in total. The van der Waals surface area contributed by atoms with E-state index in [1.807, 2.05) is 25.1 Å². The van der Waals surface area contributed by atoms with Gasteiger partial charge in [0, 0.05) is 20.8 Å². The number of carbonyl (C=O) groups excluding carboxylic acids is 1. The predicted molar refractivity (Wildman–Crippen MR) is 80.7 cm³/mol. The first-order valence-corrected chi connectivity index (χ1v) is 7.26. The number of halogens is 1. The fourth-order valence-electron chi connectivity index (χ4n) is 1.54. The molecule has 0 unspecified atom stereocenters. The summed E-state index contributed by atoms with van der Waals surface area (Å²) in [5.41, 5.74) is 1.86. The molecule has 2 rings (SSSR count). The number of aromatic nitrogens is 1. The molecule has 18 heavy (non-hydrogen) atoms. The van der Waals surface area contributed by atoms with Gasteiger partial charge in [-0.15, -0.1) is 11.3 Å². The van der Waals surface area contributed by atoms with Crippen LogP contribution in [0.5, 0.6) is 0 Å². The number of carbonyl (C=O) groups is 1. The summed E-state index contributed by atoms with van der Waals surface area (Å²) in [4.78, 5) is 12.2. The maximum absolute atomic E-state index is 11.9. The number of nitrogens with zero attached hydrogens (tertiary/aromatic N) is 1. The van der Waals surface area contributed by atoms with Gasteiger partial charge in [-0.2, -0.15) is 0 Å². The average molecular weight is 373 g/mol. The van der Waals surface area contributed by atoms with Crippen LogP contribution in [-0.4, -0.2) is 10.5 Å². The Balaban J connectivity index is 2.08. The van der Waals surface area contributed by atoms with Gasteiger partial charge < -0.3 is 9.88 Å². The van der Waals surface area contributed by atoms with Crippen molar-refractivity contribution in [3.63, 3.8) is 0 Å². The highest BCUT2D eigenvalue weighted by molar-refractivity contribution is 14.1. The summed E-state index contributed by atoms with van der Waals surface area (Å²) in [5, 5.41) is 12.3. The highest BCUT2D eigenvalue weighted by Crippen LogP contribution is 2.17. The molecular formula is C12H12IN3OS. The number of thiazole rings is 1. The van der Waals surface area contributed by atoms with Crippen molar-refractivity contribution in [2.75, 3.05) is 5.32 Å². The quantitative estimate of drug-likeness (QED) is 0.799. The van der Waals surface area contributed by atoms with Crippen molar-refractivity contribution >= 4 is 45.5 Å². The monoisotopic (exact) mass is 373 g/mol. The lowest BCUT2D eigenvalue weighted by Crippen LogP contribution is -2.24. The van der Waals surface area contributed by atoms with E-state index in [2.05, 4.69) is 27.9 Å². The maximum atomic E-state index is 11.9. The molecule has 0 saturated carbocycles. The van der Waals surface area contributed by atoms with Crippen LogP contribution in [0.25, 0.3) is 0 Å². The molecule has 0 saturated heterocycles. The van der Waals surface area contributed by atoms with Crippen LogP contribution >= 0.6 is 33.9 Å². The fourth-order valence-corrected chi connectivity index (χ4v) is 2.78. The van der Waals surface area contributed by atoms with E-state index in [0.717, 1.165) is 14.8 Å². The number of nitrogens with one attached hydrogen (secondary N) is 2. The summed E-state index contributed by atoms with van der Waals surface area (Å²) in [6.45, 7) is 2.14. The van der Waals surface area contributed by atoms with Crippen molar-refractivity contribution in [2.24, 2.45) is 0 Å². The first kappa shape index (κ1) is 13.3. The zero-order valence-electron chi connectivity index (χ0n) is 9.74. The average Bonchev–Trinajstić information content (AvgIpc) is 2.69. The van der Waals surface area contributed by atoms with Crippen molar-refractivity contribution in [1.29, 1.82) is 5.41 Å². The molecule has 0 bridgehead atoms. The third-order valence-corrected chi connectivity index (χ3v) is 3.84. The summed E-state index contributed by atoms with van der Waals surface area (Å²) in [6.07, 6.45) is 1.74. The Labute approximate surface area is 122 Å². The van der Waals surface area contributed by atoms with E-state index in [-0.39, 0.29) is 12.5 Å². The van der Waals surface area contributed by atoms with Gasteiger partial charge in [-0.05, 0) is 53.3 Å². The first-order valence-electron chi connectivity index (χ1n) is 5.31. The Morgan fingerprint density at radius 2 is 2.33 bits per heavy atom. The summed E-state index contributed by atoms with van der Waals surface area (Å²) in [7, 11) is 0. The van der Waals surface area contributed by atoms with Crippen molar-refractivity contribution < 1.29 is 4.79 Å². The van der Waals surface area contributed by atoms with Gasteiger partial charge in [0.15, 0.2) is 4.80 Å². The van der Waals surface area contributed by atoms with Gasteiger partial charge in [-0.25, -0.2) is 0 Å². The number of amides is 1. The number of hydrogen-bond donors (Lipinski definition) is 2. The molecule has 1 aromatic heterocycles. The molecule has 1 aromatic carbocycles. The van der Waals surface area contributed by atoms with Crippen LogP contribution in [-0.2, 0) is 11.3 Å². The second kappa shape index (κ2) is 5.66. The molecule has 0 radical (unpaired) electrons. The number of benzene rings is 1. The summed E-state index contributed by atoms with van der Waals surface area (Å²) < 4.78 is 2.76. The minimum absolute atomic E-state index is 0.115. The minimum atomic E-state index is -0.115. The van der Waals surface area contributed by atoms with Crippen molar-refractivity contribution in [3.05, 3.63) is 43.7 Å². The van der Waals surface area contributed by atoms with E-state index >= 15 is 0 Å². The van der Waals surface area contributed by atoms with Crippen LogP contribution in [0.1, 0.15) is 5.56 Å². The molecular weight excluding hydrogens is 361 g/mol. The third-order valence-electron chi connectivity index (χ3n) is 2.46. The topological polar surface area (TPSA) is 57.9 Å². The standard InChI is InChI=1S/C12H12IN3OS/c1-8-6-9(13)2-3-10(8)15-11(17)7-16-4-5-18-12(16)14/h2-6,14H,7H2,1H3,(H,15,17). The SMILES string of the molecule is Cc1cc(I)ccc1NC(=O)Cn1ccsc1=N. The number of hydrogen-bond acceptors (Lipinski definition) is 3. The van der Waals surface area contributed by atoms with E-state index in [4.69, 9.17) is 5.41 Å². The van der Waals surface area contributed by atoms with E-state index in [1.165, 1.54) is 11.3 Å². The van der Waals surface area contributed by atoms with Gasteiger partial charge in [0.25, 0.3) is 0 Å². The van der Waals surface area contributed by atoms with Crippen molar-refractivity contribution in [3.8, 4) is 0 Å². The van der Waals surface area contributed by atoms with E-state index in [1.54, 1.807) is 16.1 Å². The normalized spacial score (nSPS) is 10.3. The minimum Gasteiger partial charge on any atom is -0.324 e. The van der Waals surface area contributed by atoms with Gasteiger partial charge in [0.1, 0.15) is 6.54 Å². The van der Waals surface area contributed by atoms with E-state index in [9.17, 15) is 4.79 Å². The van der Waals surface area contributed by atoms with Crippen LogP contribution in [0.4, 0.5) is 5.69 Å². The van der Waals surface area contributed by atoms with Gasteiger partial charge in [-0.1, -0.05) is 0 Å². The van der Waals surface area contributed by atoms with Crippen LogP contribution in [0.2, 0.25) is 0 Å². The lowest BCUT2D eigenvalue weighted by atomic mass is 10.2. The summed E-state index contributed by atoms with van der Waals surface area (Å²) in [6, 6.07) is 5.87. The van der Waals surface area contributed by atoms with Gasteiger partial charge in [0.2, 0.25) is 5.91 Å². The fraction of sp³-hybridized carbons (Fsp3) is 0.167. The summed E-state index contributed by atoms with van der Waals surface area (Å²) >= 11 is 3.54. The molecule has 94 valence electrons. The molecule has 1 amide bonds. The lowest BCUT2D eigenvalue weighted by molar-refractivity contribution is -0.116.